The highest BCUT2D eigenvalue weighted by Gasteiger charge is 2.33. The van der Waals surface area contributed by atoms with E-state index in [1.165, 1.54) is 0 Å². The third-order valence-corrected chi connectivity index (χ3v) is 4.58. The molecule has 2 saturated heterocycles. The minimum Gasteiger partial charge on any atom is -0.464 e. The van der Waals surface area contributed by atoms with Crippen molar-refractivity contribution in [2.45, 2.75) is 32.2 Å². The number of nitrogens with one attached hydrogen (secondary N) is 1. The van der Waals surface area contributed by atoms with Crippen LogP contribution in [-0.2, 0) is 11.2 Å². The highest BCUT2D eigenvalue weighted by Crippen LogP contribution is 2.36. The third kappa shape index (κ3) is 4.62. The summed E-state index contributed by atoms with van der Waals surface area (Å²) in [5.74, 6) is 2.93. The van der Waals surface area contributed by atoms with Crippen LogP contribution >= 0.6 is 24.8 Å². The lowest BCUT2D eigenvalue weighted by molar-refractivity contribution is 0.0145. The molecule has 0 saturated carbocycles. The fourth-order valence-electron chi connectivity index (χ4n) is 3.45. The minimum atomic E-state index is 0. The number of aryl methyl sites for hydroxylation is 1. The molecule has 0 spiro atoms. The summed E-state index contributed by atoms with van der Waals surface area (Å²) in [7, 11) is 0. The first-order valence-electron chi connectivity index (χ1n) is 7.99. The predicted octanol–water partition coefficient (Wildman–Crippen LogP) is 3.06. The van der Waals surface area contributed by atoms with Crippen molar-refractivity contribution in [2.75, 3.05) is 39.4 Å². The molecule has 3 heterocycles. The second kappa shape index (κ2) is 9.78. The third-order valence-electron chi connectivity index (χ3n) is 4.58. The van der Waals surface area contributed by atoms with E-state index in [2.05, 4.69) is 29.3 Å². The zero-order valence-electron chi connectivity index (χ0n) is 13.3. The summed E-state index contributed by atoms with van der Waals surface area (Å²) in [6, 6.07) is 4.77. The van der Waals surface area contributed by atoms with Gasteiger partial charge in [0.2, 0.25) is 0 Å². The van der Waals surface area contributed by atoms with Crippen molar-refractivity contribution in [2.24, 2.45) is 5.92 Å². The lowest BCUT2D eigenvalue weighted by Gasteiger charge is -2.39. The molecule has 1 atom stereocenters. The van der Waals surface area contributed by atoms with E-state index in [-0.39, 0.29) is 24.8 Å². The number of piperazine rings is 1. The quantitative estimate of drug-likeness (QED) is 0.905. The monoisotopic (exact) mass is 350 g/mol. The summed E-state index contributed by atoms with van der Waals surface area (Å²) in [4.78, 5) is 2.60. The van der Waals surface area contributed by atoms with Crippen LogP contribution in [0.2, 0.25) is 0 Å². The number of hydrogen-bond acceptors (Lipinski definition) is 4. The van der Waals surface area contributed by atoms with Gasteiger partial charge in [0.15, 0.2) is 0 Å². The van der Waals surface area contributed by atoms with Gasteiger partial charge >= 0.3 is 0 Å². The van der Waals surface area contributed by atoms with E-state index < -0.39 is 0 Å². The summed E-state index contributed by atoms with van der Waals surface area (Å²) < 4.78 is 11.6. The number of halogens is 2. The minimum absolute atomic E-state index is 0. The van der Waals surface area contributed by atoms with Crippen LogP contribution in [0.3, 0.4) is 0 Å². The van der Waals surface area contributed by atoms with Gasteiger partial charge in [0.1, 0.15) is 11.5 Å². The van der Waals surface area contributed by atoms with Gasteiger partial charge in [-0.1, -0.05) is 6.92 Å². The second-order valence-electron chi connectivity index (χ2n) is 5.84. The predicted molar refractivity (Wildman–Crippen MR) is 93.3 cm³/mol. The van der Waals surface area contributed by atoms with E-state index in [0.717, 1.165) is 70.2 Å². The van der Waals surface area contributed by atoms with Crippen molar-refractivity contribution in [3.63, 3.8) is 0 Å². The molecule has 0 amide bonds. The Labute approximate surface area is 145 Å². The van der Waals surface area contributed by atoms with E-state index >= 15 is 0 Å². The molecule has 2 aliphatic rings. The van der Waals surface area contributed by atoms with Gasteiger partial charge in [-0.25, -0.2) is 0 Å². The number of nitrogens with zero attached hydrogens (tertiary/aromatic N) is 1. The normalized spacial score (nSPS) is 21.7. The van der Waals surface area contributed by atoms with E-state index in [0.29, 0.717) is 12.0 Å². The maximum Gasteiger partial charge on any atom is 0.121 e. The molecule has 0 unspecified atom stereocenters. The van der Waals surface area contributed by atoms with Gasteiger partial charge in [0, 0.05) is 45.8 Å². The van der Waals surface area contributed by atoms with Gasteiger partial charge in [-0.2, -0.15) is 0 Å². The van der Waals surface area contributed by atoms with E-state index in [1.54, 1.807) is 0 Å². The molecule has 4 nitrogen and oxygen atoms in total. The van der Waals surface area contributed by atoms with Crippen LogP contribution in [0, 0.1) is 5.92 Å². The number of rotatable bonds is 4. The molecule has 22 heavy (non-hydrogen) atoms. The molecule has 1 N–H and O–H groups in total. The van der Waals surface area contributed by atoms with Crippen molar-refractivity contribution >= 4 is 24.8 Å². The fourth-order valence-corrected chi connectivity index (χ4v) is 3.45. The molecule has 128 valence electrons. The second-order valence-corrected chi connectivity index (χ2v) is 5.84. The van der Waals surface area contributed by atoms with E-state index in [4.69, 9.17) is 9.15 Å². The maximum atomic E-state index is 6.10. The topological polar surface area (TPSA) is 37.6 Å². The first kappa shape index (κ1) is 19.8. The van der Waals surface area contributed by atoms with Crippen molar-refractivity contribution in [3.05, 3.63) is 23.7 Å². The summed E-state index contributed by atoms with van der Waals surface area (Å²) in [5, 5.41) is 3.44. The molecular weight excluding hydrogens is 323 g/mol. The Bertz CT molecular complexity index is 398. The average Bonchev–Trinajstić information content (AvgIpc) is 2.98. The summed E-state index contributed by atoms with van der Waals surface area (Å²) in [6.45, 7) is 8.34. The van der Waals surface area contributed by atoms with Crippen LogP contribution in [0.1, 0.15) is 37.3 Å². The highest BCUT2D eigenvalue weighted by atomic mass is 35.5. The van der Waals surface area contributed by atoms with E-state index in [1.807, 2.05) is 0 Å². The molecule has 0 radical (unpaired) electrons. The van der Waals surface area contributed by atoms with Gasteiger partial charge in [-0.3, -0.25) is 4.90 Å². The summed E-state index contributed by atoms with van der Waals surface area (Å²) in [6.07, 6.45) is 3.27. The smallest absolute Gasteiger partial charge is 0.121 e. The Hall–Kier alpha value is -0.260. The molecule has 3 rings (SSSR count). The molecule has 6 heteroatoms. The molecule has 2 fully saturated rings. The lowest BCUT2D eigenvalue weighted by Crippen LogP contribution is -2.47. The molecule has 0 bridgehead atoms. The van der Waals surface area contributed by atoms with Crippen molar-refractivity contribution in [1.82, 2.24) is 10.2 Å². The van der Waals surface area contributed by atoms with Crippen LogP contribution in [0.15, 0.2) is 16.5 Å². The fraction of sp³-hybridized carbons (Fsp3) is 0.750. The molecule has 0 aromatic carbocycles. The Kier molecular flexibility index (Phi) is 8.80. The summed E-state index contributed by atoms with van der Waals surface area (Å²) >= 11 is 0. The van der Waals surface area contributed by atoms with Crippen LogP contribution < -0.4 is 5.32 Å². The molecule has 2 aliphatic heterocycles. The van der Waals surface area contributed by atoms with Crippen molar-refractivity contribution in [3.8, 4) is 0 Å². The number of furan rings is 1. The molecule has 1 aromatic heterocycles. The van der Waals surface area contributed by atoms with Crippen molar-refractivity contribution < 1.29 is 9.15 Å². The van der Waals surface area contributed by atoms with Crippen LogP contribution in [0.5, 0.6) is 0 Å². The Morgan fingerprint density at radius 2 is 1.86 bits per heavy atom. The number of ether oxygens (including phenoxy) is 1. The first-order chi connectivity index (χ1) is 9.88. The van der Waals surface area contributed by atoms with Crippen LogP contribution in [-0.4, -0.2) is 44.3 Å². The van der Waals surface area contributed by atoms with Crippen molar-refractivity contribution in [1.29, 1.82) is 0 Å². The Morgan fingerprint density at radius 1 is 1.18 bits per heavy atom. The largest absolute Gasteiger partial charge is 0.464 e. The Morgan fingerprint density at radius 3 is 2.45 bits per heavy atom. The van der Waals surface area contributed by atoms with Crippen LogP contribution in [0.25, 0.3) is 0 Å². The summed E-state index contributed by atoms with van der Waals surface area (Å²) in [5.41, 5.74) is 0. The van der Waals surface area contributed by atoms with Gasteiger partial charge < -0.3 is 14.5 Å². The maximum absolute atomic E-state index is 6.10. The SMILES string of the molecule is CCc1ccc([C@H](C2CCOCC2)N2CCNCC2)o1.Cl.Cl. The zero-order chi connectivity index (χ0) is 13.8. The highest BCUT2D eigenvalue weighted by molar-refractivity contribution is 5.85. The Balaban J connectivity index is 0.00000121. The first-order valence-corrected chi connectivity index (χ1v) is 7.99. The molecule has 1 aromatic rings. The van der Waals surface area contributed by atoms with Gasteiger partial charge in [0.05, 0.1) is 6.04 Å². The molecular formula is C16H28Cl2N2O2. The van der Waals surface area contributed by atoms with Gasteiger partial charge in [-0.05, 0) is 30.9 Å². The molecule has 0 aliphatic carbocycles. The number of hydrogen-bond donors (Lipinski definition) is 1. The average molecular weight is 351 g/mol. The van der Waals surface area contributed by atoms with Gasteiger partial charge in [-0.15, -0.1) is 24.8 Å². The van der Waals surface area contributed by atoms with E-state index in [9.17, 15) is 0 Å². The zero-order valence-corrected chi connectivity index (χ0v) is 14.9. The lowest BCUT2D eigenvalue weighted by atomic mass is 9.88. The van der Waals surface area contributed by atoms with Gasteiger partial charge in [0.25, 0.3) is 0 Å². The van der Waals surface area contributed by atoms with Crippen LogP contribution in [0.4, 0.5) is 0 Å². The standard InChI is InChI=1S/C16H26N2O2.2ClH/c1-2-14-3-4-15(20-14)16(13-5-11-19-12-6-13)18-9-7-17-8-10-18;;/h3-4,13,16-17H,2,5-12H2,1H3;2*1H/t16-;;/m0../s1.